The van der Waals surface area contributed by atoms with E-state index in [4.69, 9.17) is 9.47 Å². The van der Waals surface area contributed by atoms with Crippen LogP contribution in [0.25, 0.3) is 0 Å². The molecule has 3 aliphatic rings. The van der Waals surface area contributed by atoms with E-state index in [2.05, 4.69) is 13.8 Å². The van der Waals surface area contributed by atoms with Crippen LogP contribution < -0.4 is 0 Å². The average Bonchev–Trinajstić information content (AvgIpc) is 2.96. The van der Waals surface area contributed by atoms with Crippen LogP contribution in [0.5, 0.6) is 0 Å². The first kappa shape index (κ1) is 11.9. The Kier molecular flexibility index (Phi) is 2.43. The van der Waals surface area contributed by atoms with Crippen LogP contribution in [0.2, 0.25) is 0 Å². The molecule has 3 aliphatic heterocycles. The largest absolute Gasteiger partial charge is 0.393 e. The Bertz CT molecular complexity index is 464. The maximum Gasteiger partial charge on any atom is 0.320 e. The van der Waals surface area contributed by atoms with E-state index < -0.39 is 29.4 Å². The molecule has 3 rings (SSSR count). The van der Waals surface area contributed by atoms with Crippen molar-refractivity contribution in [2.24, 2.45) is 11.8 Å². The molecule has 98 valence electrons. The molecular weight excluding hydrogens is 232 g/mol. The lowest BCUT2D eigenvalue weighted by Gasteiger charge is -2.32. The van der Waals surface area contributed by atoms with Crippen LogP contribution in [-0.2, 0) is 19.1 Å². The van der Waals surface area contributed by atoms with Crippen molar-refractivity contribution >= 4 is 11.9 Å². The summed E-state index contributed by atoms with van der Waals surface area (Å²) < 4.78 is 11.0. The highest BCUT2D eigenvalue weighted by Crippen LogP contribution is 2.59. The predicted octanol–water partition coefficient (Wildman–Crippen LogP) is 1.98. The first-order chi connectivity index (χ1) is 8.60. The van der Waals surface area contributed by atoms with Crippen LogP contribution in [0.3, 0.4) is 0 Å². The van der Waals surface area contributed by atoms with E-state index in [-0.39, 0.29) is 6.10 Å². The third-order valence-corrected chi connectivity index (χ3v) is 4.75. The van der Waals surface area contributed by atoms with Crippen LogP contribution in [-0.4, -0.2) is 23.6 Å². The van der Waals surface area contributed by atoms with Gasteiger partial charge in [0.2, 0.25) is 0 Å². The molecule has 0 saturated carbocycles. The van der Waals surface area contributed by atoms with Crippen LogP contribution in [0.15, 0.2) is 11.1 Å². The fourth-order valence-electron chi connectivity index (χ4n) is 4.11. The van der Waals surface area contributed by atoms with Gasteiger partial charge in [0, 0.05) is 0 Å². The van der Waals surface area contributed by atoms with Gasteiger partial charge in [-0.2, -0.15) is 0 Å². The van der Waals surface area contributed by atoms with Gasteiger partial charge in [-0.3, -0.25) is 9.59 Å². The molecule has 0 aromatic rings. The van der Waals surface area contributed by atoms with Crippen LogP contribution in [0.1, 0.15) is 40.0 Å². The van der Waals surface area contributed by atoms with Crippen molar-refractivity contribution in [3.05, 3.63) is 11.1 Å². The Labute approximate surface area is 106 Å². The predicted molar refractivity (Wildman–Crippen MR) is 63.6 cm³/mol. The number of rotatable bonds is 3. The number of ether oxygens (including phenoxy) is 2. The Hall–Kier alpha value is -1.16. The molecule has 0 N–H and O–H groups in total. The molecule has 2 unspecified atom stereocenters. The van der Waals surface area contributed by atoms with E-state index in [1.165, 1.54) is 11.1 Å². The maximum atomic E-state index is 11.9. The van der Waals surface area contributed by atoms with E-state index in [0.717, 1.165) is 19.3 Å². The molecule has 0 spiro atoms. The zero-order chi connectivity index (χ0) is 13.1. The highest BCUT2D eigenvalue weighted by atomic mass is 16.6. The van der Waals surface area contributed by atoms with Crippen molar-refractivity contribution < 1.29 is 19.1 Å². The summed E-state index contributed by atoms with van der Waals surface area (Å²) in [5.74, 6) is -1.60. The van der Waals surface area contributed by atoms with E-state index in [0.29, 0.717) is 0 Å². The van der Waals surface area contributed by atoms with Gasteiger partial charge in [0.15, 0.2) is 0 Å². The summed E-state index contributed by atoms with van der Waals surface area (Å²) in [6.45, 7) is 6.18. The molecule has 0 radical (unpaired) electrons. The summed E-state index contributed by atoms with van der Waals surface area (Å²) in [6.07, 6.45) is 2.24. The van der Waals surface area contributed by atoms with Crippen molar-refractivity contribution in [3.8, 4) is 0 Å². The van der Waals surface area contributed by atoms with Gasteiger partial charge in [-0.15, -0.1) is 0 Å². The molecule has 2 bridgehead atoms. The Balaban J connectivity index is 2.17. The SMILES string of the molecule is CCC1=C(CC)[C@]2(CC)O[C@H]1C1C(=O)OC(=O)C12. The van der Waals surface area contributed by atoms with Gasteiger partial charge in [0.25, 0.3) is 0 Å². The number of hydrogen-bond donors (Lipinski definition) is 0. The summed E-state index contributed by atoms with van der Waals surface area (Å²) in [4.78, 5) is 23.8. The van der Waals surface area contributed by atoms with Crippen molar-refractivity contribution in [3.63, 3.8) is 0 Å². The quantitative estimate of drug-likeness (QED) is 0.436. The standard InChI is InChI=1S/C14H18O4/c1-4-7-8(5-2)14(6-3)10-9(11(7)18-14)12(15)17-13(10)16/h9-11H,4-6H2,1-3H3/t9?,10?,11-,14+/m1/s1. The molecular formula is C14H18O4. The Morgan fingerprint density at radius 1 is 1.11 bits per heavy atom. The number of esters is 2. The van der Waals surface area contributed by atoms with Crippen LogP contribution in [0.4, 0.5) is 0 Å². The van der Waals surface area contributed by atoms with E-state index >= 15 is 0 Å². The molecule has 18 heavy (non-hydrogen) atoms. The zero-order valence-electron chi connectivity index (χ0n) is 11.0. The molecule has 4 heteroatoms. The molecule has 3 heterocycles. The minimum absolute atomic E-state index is 0.228. The molecule has 0 aromatic heterocycles. The number of carbonyl (C=O) groups is 2. The van der Waals surface area contributed by atoms with Crippen LogP contribution in [0, 0.1) is 11.8 Å². The summed E-state index contributed by atoms with van der Waals surface area (Å²) in [5.41, 5.74) is 1.87. The first-order valence-electron chi connectivity index (χ1n) is 6.76. The van der Waals surface area contributed by atoms with Gasteiger partial charge in [-0.05, 0) is 30.4 Å². The van der Waals surface area contributed by atoms with Gasteiger partial charge in [-0.1, -0.05) is 20.8 Å². The summed E-state index contributed by atoms with van der Waals surface area (Å²) in [5, 5.41) is 0. The first-order valence-corrected chi connectivity index (χ1v) is 6.76. The van der Waals surface area contributed by atoms with Crippen molar-refractivity contribution in [1.29, 1.82) is 0 Å². The lowest BCUT2D eigenvalue weighted by molar-refractivity contribution is -0.158. The van der Waals surface area contributed by atoms with Gasteiger partial charge in [0.05, 0.1) is 6.10 Å². The summed E-state index contributed by atoms with van der Waals surface area (Å²) in [6, 6.07) is 0. The number of fused-ring (bicyclic) bond motifs is 5. The fourth-order valence-corrected chi connectivity index (χ4v) is 4.11. The third-order valence-electron chi connectivity index (χ3n) is 4.75. The molecule has 0 amide bonds. The summed E-state index contributed by atoms with van der Waals surface area (Å²) in [7, 11) is 0. The molecule has 2 fully saturated rings. The number of hydrogen-bond acceptors (Lipinski definition) is 4. The number of carbonyl (C=O) groups excluding carboxylic acids is 2. The van der Waals surface area contributed by atoms with Crippen molar-refractivity contribution in [2.75, 3.05) is 0 Å². The highest BCUT2D eigenvalue weighted by Gasteiger charge is 2.70. The van der Waals surface area contributed by atoms with Crippen molar-refractivity contribution in [2.45, 2.75) is 51.7 Å². The zero-order valence-corrected chi connectivity index (χ0v) is 11.0. The molecule has 2 saturated heterocycles. The van der Waals surface area contributed by atoms with E-state index in [1.54, 1.807) is 0 Å². The van der Waals surface area contributed by atoms with Gasteiger partial charge >= 0.3 is 11.9 Å². The lowest BCUT2D eigenvalue weighted by Crippen LogP contribution is -2.41. The minimum Gasteiger partial charge on any atom is -0.393 e. The molecule has 0 aromatic carbocycles. The maximum absolute atomic E-state index is 11.9. The minimum atomic E-state index is -0.571. The second kappa shape index (κ2) is 3.67. The van der Waals surface area contributed by atoms with Gasteiger partial charge < -0.3 is 9.47 Å². The average molecular weight is 250 g/mol. The Morgan fingerprint density at radius 3 is 2.39 bits per heavy atom. The lowest BCUT2D eigenvalue weighted by atomic mass is 9.67. The normalized spacial score (nSPS) is 41.6. The van der Waals surface area contributed by atoms with E-state index in [9.17, 15) is 9.59 Å². The third kappa shape index (κ3) is 1.10. The number of cyclic esters (lactones) is 2. The fraction of sp³-hybridized carbons (Fsp3) is 0.714. The highest BCUT2D eigenvalue weighted by molar-refractivity contribution is 5.99. The molecule has 4 nitrogen and oxygen atoms in total. The summed E-state index contributed by atoms with van der Waals surface area (Å²) >= 11 is 0. The molecule has 4 atom stereocenters. The van der Waals surface area contributed by atoms with Crippen molar-refractivity contribution in [1.82, 2.24) is 0 Å². The molecule has 0 aliphatic carbocycles. The topological polar surface area (TPSA) is 52.6 Å². The monoisotopic (exact) mass is 250 g/mol. The van der Waals surface area contributed by atoms with Gasteiger partial charge in [-0.25, -0.2) is 0 Å². The second-order valence-corrected chi connectivity index (χ2v) is 5.24. The van der Waals surface area contributed by atoms with E-state index in [1.807, 2.05) is 6.92 Å². The second-order valence-electron chi connectivity index (χ2n) is 5.24. The Morgan fingerprint density at radius 2 is 1.83 bits per heavy atom. The smallest absolute Gasteiger partial charge is 0.320 e. The van der Waals surface area contributed by atoms with Gasteiger partial charge in [0.1, 0.15) is 17.4 Å². The van der Waals surface area contributed by atoms with Crippen LogP contribution >= 0.6 is 0 Å².